The number of hydrogen-bond donors (Lipinski definition) is 0. The van der Waals surface area contributed by atoms with Crippen molar-refractivity contribution in [2.45, 2.75) is 19.4 Å². The van der Waals surface area contributed by atoms with Gasteiger partial charge in [-0.15, -0.1) is 0 Å². The highest BCUT2D eigenvalue weighted by molar-refractivity contribution is 5.86. The Bertz CT molecular complexity index is 899. The Morgan fingerprint density at radius 1 is 1.13 bits per heavy atom. The van der Waals surface area contributed by atoms with Crippen LogP contribution in [0.3, 0.4) is 0 Å². The highest BCUT2D eigenvalue weighted by Gasteiger charge is 2.26. The van der Waals surface area contributed by atoms with E-state index in [4.69, 9.17) is 0 Å². The lowest BCUT2D eigenvalue weighted by Crippen LogP contribution is -2.19. The number of halogens is 1. The van der Waals surface area contributed by atoms with Crippen molar-refractivity contribution < 1.29 is 4.39 Å². The van der Waals surface area contributed by atoms with E-state index in [1.165, 1.54) is 6.07 Å². The molecular formula is C17H14FN5. The van der Waals surface area contributed by atoms with Crippen LogP contribution in [0.25, 0.3) is 11.1 Å². The first-order chi connectivity index (χ1) is 11.2. The molecule has 1 aliphatic heterocycles. The summed E-state index contributed by atoms with van der Waals surface area (Å²) in [6.07, 6.45) is 0.727. The molecule has 4 rings (SSSR count). The Kier molecular flexibility index (Phi) is 3.22. The zero-order valence-corrected chi connectivity index (χ0v) is 12.5. The van der Waals surface area contributed by atoms with Crippen molar-refractivity contribution in [1.29, 1.82) is 0 Å². The van der Waals surface area contributed by atoms with Crippen LogP contribution in [0, 0.1) is 5.82 Å². The van der Waals surface area contributed by atoms with Crippen molar-refractivity contribution in [1.82, 2.24) is 20.2 Å². The van der Waals surface area contributed by atoms with Crippen LogP contribution in [-0.4, -0.2) is 25.9 Å². The molecule has 0 fully saturated rings. The quantitative estimate of drug-likeness (QED) is 0.727. The second kappa shape index (κ2) is 5.39. The van der Waals surface area contributed by atoms with Crippen molar-refractivity contribution >= 4 is 11.7 Å². The number of aromatic nitrogens is 4. The molecule has 0 amide bonds. The monoisotopic (exact) mass is 307 g/mol. The number of benzene rings is 2. The number of tetrazole rings is 1. The molecule has 114 valence electrons. The van der Waals surface area contributed by atoms with E-state index in [-0.39, 0.29) is 11.9 Å². The molecule has 1 atom stereocenters. The predicted octanol–water partition coefficient (Wildman–Crippen LogP) is 3.56. The molecule has 0 saturated carbocycles. The van der Waals surface area contributed by atoms with Gasteiger partial charge in [-0.1, -0.05) is 41.5 Å². The summed E-state index contributed by atoms with van der Waals surface area (Å²) in [7, 11) is 0. The molecule has 6 heteroatoms. The molecule has 2 aromatic carbocycles. The van der Waals surface area contributed by atoms with E-state index in [9.17, 15) is 4.39 Å². The summed E-state index contributed by atoms with van der Waals surface area (Å²) in [5, 5.41) is 11.8. The number of fused-ring (bicyclic) bond motifs is 1. The van der Waals surface area contributed by atoms with Gasteiger partial charge in [-0.3, -0.25) is 0 Å². The summed E-state index contributed by atoms with van der Waals surface area (Å²) < 4.78 is 15.3. The van der Waals surface area contributed by atoms with Gasteiger partial charge in [0.15, 0.2) is 0 Å². The zero-order chi connectivity index (χ0) is 15.8. The van der Waals surface area contributed by atoms with Crippen molar-refractivity contribution in [2.75, 3.05) is 0 Å². The minimum atomic E-state index is -0.248. The normalized spacial score (nSPS) is 16.8. The Labute approximate surface area is 132 Å². The van der Waals surface area contributed by atoms with Gasteiger partial charge in [0.2, 0.25) is 0 Å². The van der Waals surface area contributed by atoms with Crippen LogP contribution >= 0.6 is 0 Å². The third-order valence-electron chi connectivity index (χ3n) is 4.01. The third-order valence-corrected chi connectivity index (χ3v) is 4.01. The van der Waals surface area contributed by atoms with Gasteiger partial charge in [-0.25, -0.2) is 14.1 Å². The molecule has 0 radical (unpaired) electrons. The molecule has 1 aliphatic rings. The van der Waals surface area contributed by atoms with Gasteiger partial charge in [0.05, 0.1) is 6.04 Å². The first kappa shape index (κ1) is 13.8. The maximum Gasteiger partial charge on any atom is 0.269 e. The molecule has 1 unspecified atom stereocenters. The molecule has 2 heterocycles. The lowest BCUT2D eigenvalue weighted by atomic mass is 9.92. The van der Waals surface area contributed by atoms with Gasteiger partial charge in [0.25, 0.3) is 5.95 Å². The Morgan fingerprint density at radius 2 is 2.00 bits per heavy atom. The van der Waals surface area contributed by atoms with Gasteiger partial charge in [0.1, 0.15) is 5.82 Å². The van der Waals surface area contributed by atoms with Crippen molar-refractivity contribution in [3.05, 3.63) is 59.9 Å². The van der Waals surface area contributed by atoms with Gasteiger partial charge in [-0.2, -0.15) is 0 Å². The molecule has 23 heavy (non-hydrogen) atoms. The number of nitrogens with zero attached hydrogens (tertiary/aromatic N) is 5. The molecule has 0 N–H and O–H groups in total. The fourth-order valence-corrected chi connectivity index (χ4v) is 3.00. The Balaban J connectivity index is 1.87. The van der Waals surface area contributed by atoms with Crippen LogP contribution in [0.4, 0.5) is 10.3 Å². The summed E-state index contributed by atoms with van der Waals surface area (Å²) in [6.45, 7) is 1.97. The second-order valence-electron chi connectivity index (χ2n) is 5.59. The van der Waals surface area contributed by atoms with E-state index < -0.39 is 0 Å². The first-order valence-corrected chi connectivity index (χ1v) is 7.39. The molecule has 0 saturated heterocycles. The molecule has 0 aliphatic carbocycles. The number of rotatable bonds is 2. The highest BCUT2D eigenvalue weighted by atomic mass is 19.1. The van der Waals surface area contributed by atoms with Crippen LogP contribution in [0.15, 0.2) is 53.5 Å². The van der Waals surface area contributed by atoms with Crippen LogP contribution in [0.2, 0.25) is 0 Å². The summed E-state index contributed by atoms with van der Waals surface area (Å²) in [6, 6.07) is 14.5. The average molecular weight is 307 g/mol. The summed E-state index contributed by atoms with van der Waals surface area (Å²) in [5.74, 6) is 0.259. The number of aliphatic imine (C=N–C) groups is 1. The van der Waals surface area contributed by atoms with Crippen molar-refractivity contribution in [3.63, 3.8) is 0 Å². The zero-order valence-electron chi connectivity index (χ0n) is 12.5. The number of hydrogen-bond acceptors (Lipinski definition) is 4. The lowest BCUT2D eigenvalue weighted by molar-refractivity contribution is 0.514. The van der Waals surface area contributed by atoms with Crippen molar-refractivity contribution in [3.8, 4) is 11.1 Å². The topological polar surface area (TPSA) is 56.0 Å². The van der Waals surface area contributed by atoms with E-state index in [0.29, 0.717) is 5.95 Å². The average Bonchev–Trinajstić information content (AvgIpc) is 3.02. The van der Waals surface area contributed by atoms with E-state index in [1.807, 2.05) is 37.3 Å². The fourth-order valence-electron chi connectivity index (χ4n) is 3.00. The smallest absolute Gasteiger partial charge is 0.220 e. The minimum absolute atomic E-state index is 0.0445. The predicted molar refractivity (Wildman–Crippen MR) is 85.2 cm³/mol. The van der Waals surface area contributed by atoms with Gasteiger partial charge < -0.3 is 0 Å². The maximum absolute atomic E-state index is 13.6. The van der Waals surface area contributed by atoms with E-state index in [2.05, 4.69) is 20.5 Å². The van der Waals surface area contributed by atoms with E-state index in [1.54, 1.807) is 16.8 Å². The summed E-state index contributed by atoms with van der Waals surface area (Å²) >= 11 is 0. The van der Waals surface area contributed by atoms with Gasteiger partial charge in [0, 0.05) is 12.1 Å². The Morgan fingerprint density at radius 3 is 2.87 bits per heavy atom. The molecular weight excluding hydrogens is 293 g/mol. The van der Waals surface area contributed by atoms with Crippen LogP contribution in [0.1, 0.15) is 24.9 Å². The van der Waals surface area contributed by atoms with Gasteiger partial charge in [-0.05, 0) is 46.2 Å². The SMILES string of the molecule is CC1=Nc2nnnn2C(c2ccccc2-c2cccc(F)c2)C1. The molecule has 0 bridgehead atoms. The van der Waals surface area contributed by atoms with Crippen LogP contribution < -0.4 is 0 Å². The molecule has 0 spiro atoms. The second-order valence-corrected chi connectivity index (χ2v) is 5.59. The van der Waals surface area contributed by atoms with E-state index in [0.717, 1.165) is 28.8 Å². The standard InChI is InChI=1S/C17H14FN5/c1-11-9-16(23-17(19-11)20-21-22-23)15-8-3-2-7-14(15)12-5-4-6-13(18)10-12/h2-8,10,16H,9H2,1H3. The van der Waals surface area contributed by atoms with Crippen LogP contribution in [0.5, 0.6) is 0 Å². The molecule has 3 aromatic rings. The highest BCUT2D eigenvalue weighted by Crippen LogP contribution is 2.35. The molecule has 1 aromatic heterocycles. The summed E-state index contributed by atoms with van der Waals surface area (Å²) in [4.78, 5) is 4.38. The molecule has 5 nitrogen and oxygen atoms in total. The minimum Gasteiger partial charge on any atom is -0.220 e. The first-order valence-electron chi connectivity index (χ1n) is 7.39. The van der Waals surface area contributed by atoms with Crippen LogP contribution in [-0.2, 0) is 0 Å². The Hall–Kier alpha value is -2.89. The third kappa shape index (κ3) is 2.42. The largest absolute Gasteiger partial charge is 0.269 e. The lowest BCUT2D eigenvalue weighted by Gasteiger charge is -2.23. The van der Waals surface area contributed by atoms with Crippen molar-refractivity contribution in [2.24, 2.45) is 4.99 Å². The maximum atomic E-state index is 13.6. The summed E-state index contributed by atoms with van der Waals surface area (Å²) in [5.41, 5.74) is 3.86. The van der Waals surface area contributed by atoms with Gasteiger partial charge >= 0.3 is 0 Å². The van der Waals surface area contributed by atoms with E-state index >= 15 is 0 Å². The fraction of sp³-hybridized carbons (Fsp3) is 0.176.